The Labute approximate surface area is 118 Å². The van der Waals surface area contributed by atoms with Gasteiger partial charge in [-0.15, -0.1) is 0 Å². The molecule has 0 bridgehead atoms. The van der Waals surface area contributed by atoms with Gasteiger partial charge in [-0.25, -0.2) is 0 Å². The quantitative estimate of drug-likeness (QED) is 0.864. The number of rotatable bonds is 3. The van der Waals surface area contributed by atoms with E-state index in [1.54, 1.807) is 30.5 Å². The van der Waals surface area contributed by atoms with E-state index in [-0.39, 0.29) is 12.5 Å². The Kier molecular flexibility index (Phi) is 4.59. The van der Waals surface area contributed by atoms with Crippen molar-refractivity contribution in [3.8, 4) is 11.8 Å². The molecule has 0 unspecified atom stereocenters. The molecule has 2 aromatic rings. The van der Waals surface area contributed by atoms with Crippen LogP contribution in [0.4, 0.5) is 0 Å². The van der Waals surface area contributed by atoms with Crippen molar-refractivity contribution in [1.82, 2.24) is 4.90 Å². The molecule has 102 valence electrons. The molecule has 0 saturated carbocycles. The van der Waals surface area contributed by atoms with Gasteiger partial charge in [0.05, 0.1) is 24.6 Å². The zero-order valence-electron chi connectivity index (χ0n) is 11.3. The monoisotopic (exact) mass is 268 g/mol. The van der Waals surface area contributed by atoms with Crippen LogP contribution in [0.2, 0.25) is 0 Å². The first kappa shape index (κ1) is 13.9. The molecule has 1 aromatic heterocycles. The van der Waals surface area contributed by atoms with Gasteiger partial charge in [-0.1, -0.05) is 24.0 Å². The van der Waals surface area contributed by atoms with Crippen LogP contribution in [-0.4, -0.2) is 24.4 Å². The number of hydrogen-bond acceptors (Lipinski definition) is 3. The third kappa shape index (κ3) is 3.28. The Morgan fingerprint density at radius 1 is 1.35 bits per heavy atom. The van der Waals surface area contributed by atoms with Crippen molar-refractivity contribution in [1.29, 1.82) is 0 Å². The van der Waals surface area contributed by atoms with Crippen molar-refractivity contribution in [3.63, 3.8) is 0 Å². The molecule has 0 spiro atoms. The van der Waals surface area contributed by atoms with Gasteiger partial charge in [0.25, 0.3) is 5.91 Å². The molecule has 0 atom stereocenters. The molecule has 0 aliphatic rings. The number of nitrogens with two attached hydrogens (primary N) is 1. The fourth-order valence-electron chi connectivity index (χ4n) is 1.86. The lowest BCUT2D eigenvalue weighted by atomic mass is 10.1. The van der Waals surface area contributed by atoms with Gasteiger partial charge in [0.2, 0.25) is 0 Å². The highest BCUT2D eigenvalue weighted by Gasteiger charge is 2.15. The van der Waals surface area contributed by atoms with E-state index < -0.39 is 0 Å². The predicted octanol–water partition coefficient (Wildman–Crippen LogP) is 1.86. The third-order valence-electron chi connectivity index (χ3n) is 2.83. The SMILES string of the molecule is CN(Cc1ccoc1)C(=O)c1ccccc1C#CCN. The van der Waals surface area contributed by atoms with Crippen LogP contribution in [-0.2, 0) is 6.54 Å². The highest BCUT2D eigenvalue weighted by molar-refractivity contribution is 5.96. The standard InChI is InChI=1S/C16H16N2O2/c1-18(11-13-8-10-20-12-13)16(19)15-7-3-2-5-14(15)6-4-9-17/h2-3,5,7-8,10,12H,9,11,17H2,1H3. The van der Waals surface area contributed by atoms with Gasteiger partial charge < -0.3 is 15.1 Å². The van der Waals surface area contributed by atoms with Gasteiger partial charge in [0, 0.05) is 24.7 Å². The van der Waals surface area contributed by atoms with Crippen LogP contribution in [0.5, 0.6) is 0 Å². The summed E-state index contributed by atoms with van der Waals surface area (Å²) < 4.78 is 5.00. The van der Waals surface area contributed by atoms with Gasteiger partial charge >= 0.3 is 0 Å². The maximum atomic E-state index is 12.5. The van der Waals surface area contributed by atoms with Gasteiger partial charge in [-0.2, -0.15) is 0 Å². The molecule has 0 aliphatic heterocycles. The second-order valence-electron chi connectivity index (χ2n) is 4.34. The molecule has 1 heterocycles. The molecule has 1 amide bonds. The minimum atomic E-state index is -0.0758. The first-order valence-electron chi connectivity index (χ1n) is 6.27. The Morgan fingerprint density at radius 3 is 2.85 bits per heavy atom. The van der Waals surface area contributed by atoms with Crippen molar-refractivity contribution in [2.45, 2.75) is 6.54 Å². The van der Waals surface area contributed by atoms with E-state index in [0.29, 0.717) is 17.7 Å². The highest BCUT2D eigenvalue weighted by Crippen LogP contribution is 2.12. The number of nitrogens with zero attached hydrogens (tertiary/aromatic N) is 1. The van der Waals surface area contributed by atoms with Crippen molar-refractivity contribution in [2.24, 2.45) is 5.73 Å². The maximum absolute atomic E-state index is 12.5. The number of carbonyl (C=O) groups is 1. The van der Waals surface area contributed by atoms with Crippen molar-refractivity contribution in [2.75, 3.05) is 13.6 Å². The van der Waals surface area contributed by atoms with Crippen molar-refractivity contribution in [3.05, 3.63) is 59.5 Å². The topological polar surface area (TPSA) is 59.5 Å². The number of furan rings is 1. The second kappa shape index (κ2) is 6.60. The Morgan fingerprint density at radius 2 is 2.15 bits per heavy atom. The Hall–Kier alpha value is -2.51. The minimum absolute atomic E-state index is 0.0758. The zero-order chi connectivity index (χ0) is 14.4. The van der Waals surface area contributed by atoms with Crippen LogP contribution in [0, 0.1) is 11.8 Å². The zero-order valence-corrected chi connectivity index (χ0v) is 11.3. The molecule has 0 fully saturated rings. The van der Waals surface area contributed by atoms with E-state index in [4.69, 9.17) is 10.2 Å². The van der Waals surface area contributed by atoms with Crippen LogP contribution in [0.25, 0.3) is 0 Å². The summed E-state index contributed by atoms with van der Waals surface area (Å²) >= 11 is 0. The summed E-state index contributed by atoms with van der Waals surface area (Å²) in [7, 11) is 1.75. The summed E-state index contributed by atoms with van der Waals surface area (Å²) in [4.78, 5) is 14.1. The number of hydrogen-bond donors (Lipinski definition) is 1. The number of carbonyl (C=O) groups excluding carboxylic acids is 1. The summed E-state index contributed by atoms with van der Waals surface area (Å²) in [5.74, 6) is 5.63. The van der Waals surface area contributed by atoms with Crippen LogP contribution >= 0.6 is 0 Å². The van der Waals surface area contributed by atoms with Crippen LogP contribution < -0.4 is 5.73 Å². The molecule has 0 aliphatic carbocycles. The Bertz CT molecular complexity index is 636. The molecule has 2 N–H and O–H groups in total. The molecule has 4 heteroatoms. The molecular formula is C16H16N2O2. The summed E-state index contributed by atoms with van der Waals surface area (Å²) in [5.41, 5.74) is 7.60. The lowest BCUT2D eigenvalue weighted by Crippen LogP contribution is -2.26. The van der Waals surface area contributed by atoms with E-state index in [0.717, 1.165) is 5.56 Å². The first-order valence-corrected chi connectivity index (χ1v) is 6.27. The predicted molar refractivity (Wildman–Crippen MR) is 76.9 cm³/mol. The smallest absolute Gasteiger partial charge is 0.255 e. The first-order chi connectivity index (χ1) is 9.72. The van der Waals surface area contributed by atoms with Crippen LogP contribution in [0.15, 0.2) is 47.3 Å². The van der Waals surface area contributed by atoms with Gasteiger partial charge in [0.1, 0.15) is 0 Å². The highest BCUT2D eigenvalue weighted by atomic mass is 16.3. The third-order valence-corrected chi connectivity index (χ3v) is 2.83. The molecule has 0 saturated heterocycles. The largest absolute Gasteiger partial charge is 0.472 e. The molecule has 20 heavy (non-hydrogen) atoms. The molecule has 0 radical (unpaired) electrons. The van der Waals surface area contributed by atoms with Crippen LogP contribution in [0.3, 0.4) is 0 Å². The second-order valence-corrected chi connectivity index (χ2v) is 4.34. The van der Waals surface area contributed by atoms with Crippen molar-refractivity contribution < 1.29 is 9.21 Å². The lowest BCUT2D eigenvalue weighted by Gasteiger charge is -2.17. The lowest BCUT2D eigenvalue weighted by molar-refractivity contribution is 0.0784. The average molecular weight is 268 g/mol. The minimum Gasteiger partial charge on any atom is -0.472 e. The fourth-order valence-corrected chi connectivity index (χ4v) is 1.86. The van der Waals surface area contributed by atoms with E-state index in [1.165, 1.54) is 0 Å². The number of benzene rings is 1. The molecular weight excluding hydrogens is 252 g/mol. The normalized spacial score (nSPS) is 9.70. The van der Waals surface area contributed by atoms with E-state index >= 15 is 0 Å². The van der Waals surface area contributed by atoms with Gasteiger partial charge in [-0.3, -0.25) is 4.79 Å². The summed E-state index contributed by atoms with van der Waals surface area (Å²) in [5, 5.41) is 0. The summed E-state index contributed by atoms with van der Waals surface area (Å²) in [6.07, 6.45) is 3.22. The molecule has 1 aromatic carbocycles. The Balaban J connectivity index is 2.20. The summed E-state index contributed by atoms with van der Waals surface area (Å²) in [6, 6.07) is 9.11. The van der Waals surface area contributed by atoms with Gasteiger partial charge in [0.15, 0.2) is 0 Å². The van der Waals surface area contributed by atoms with E-state index in [2.05, 4.69) is 11.8 Å². The van der Waals surface area contributed by atoms with Crippen LogP contribution in [0.1, 0.15) is 21.5 Å². The fraction of sp³-hybridized carbons (Fsp3) is 0.188. The number of amides is 1. The van der Waals surface area contributed by atoms with E-state index in [1.807, 2.05) is 24.3 Å². The molecule has 4 nitrogen and oxygen atoms in total. The summed E-state index contributed by atoms with van der Waals surface area (Å²) in [6.45, 7) is 0.765. The van der Waals surface area contributed by atoms with Gasteiger partial charge in [-0.05, 0) is 18.2 Å². The average Bonchev–Trinajstić information content (AvgIpc) is 2.97. The van der Waals surface area contributed by atoms with Crippen molar-refractivity contribution >= 4 is 5.91 Å². The molecule has 2 rings (SSSR count). The maximum Gasteiger partial charge on any atom is 0.255 e. The van der Waals surface area contributed by atoms with E-state index in [9.17, 15) is 4.79 Å².